The van der Waals surface area contributed by atoms with Gasteiger partial charge in [0.05, 0.1) is 0 Å². The maximum Gasteiger partial charge on any atom is 0.157 e. The number of aromatic nitrogens is 2. The van der Waals surface area contributed by atoms with Crippen LogP contribution in [0, 0.1) is 11.8 Å². The molecule has 1 aromatic heterocycles. The number of aliphatic hydroxyl groups is 2. The van der Waals surface area contributed by atoms with Crippen LogP contribution in [0.15, 0.2) is 6.33 Å². The lowest BCUT2D eigenvalue weighted by Crippen LogP contribution is -2.18. The van der Waals surface area contributed by atoms with Crippen LogP contribution < -0.4 is 11.1 Å². The standard InChI is InChI=1S/C11H17ClN4O2/c12-10-9(13)11(15-5-14-10)16-8-1-6(3-17)7(2-8)4-18/h5-8,17-18H,1-4,13H2,(H,14,15,16)/t6-,7-/m1/s1. The quantitative estimate of drug-likeness (QED) is 0.595. The van der Waals surface area contributed by atoms with Crippen molar-refractivity contribution in [2.45, 2.75) is 18.9 Å². The summed E-state index contributed by atoms with van der Waals surface area (Å²) in [6, 6.07) is 0.132. The largest absolute Gasteiger partial charge is 0.396 e. The van der Waals surface area contributed by atoms with E-state index in [1.54, 1.807) is 0 Å². The minimum Gasteiger partial charge on any atom is -0.396 e. The zero-order chi connectivity index (χ0) is 13.1. The maximum absolute atomic E-state index is 9.24. The summed E-state index contributed by atoms with van der Waals surface area (Å²) in [5, 5.41) is 21.9. The zero-order valence-corrected chi connectivity index (χ0v) is 10.6. The number of hydrogen-bond acceptors (Lipinski definition) is 6. The number of rotatable bonds is 4. The molecule has 0 saturated heterocycles. The van der Waals surface area contributed by atoms with Gasteiger partial charge in [-0.15, -0.1) is 0 Å². The minimum absolute atomic E-state index is 0.0867. The molecule has 0 radical (unpaired) electrons. The molecule has 1 aliphatic rings. The van der Waals surface area contributed by atoms with Crippen LogP contribution in [0.1, 0.15) is 12.8 Å². The molecule has 0 spiro atoms. The summed E-state index contributed by atoms with van der Waals surface area (Å²) >= 11 is 5.82. The van der Waals surface area contributed by atoms with Gasteiger partial charge in [-0.05, 0) is 24.7 Å². The Morgan fingerprint density at radius 2 is 1.89 bits per heavy atom. The Labute approximate surface area is 110 Å². The molecule has 7 heteroatoms. The summed E-state index contributed by atoms with van der Waals surface area (Å²) in [6.45, 7) is 0.173. The molecule has 1 heterocycles. The van der Waals surface area contributed by atoms with E-state index < -0.39 is 0 Å². The van der Waals surface area contributed by atoms with Crippen molar-refractivity contribution >= 4 is 23.1 Å². The highest BCUT2D eigenvalue weighted by Gasteiger charge is 2.33. The van der Waals surface area contributed by atoms with Gasteiger partial charge in [0.15, 0.2) is 11.0 Å². The Bertz CT molecular complexity index is 406. The van der Waals surface area contributed by atoms with Gasteiger partial charge in [0, 0.05) is 19.3 Å². The Balaban J connectivity index is 2.05. The second kappa shape index (κ2) is 5.69. The number of nitrogens with two attached hydrogens (primary N) is 1. The Kier molecular flexibility index (Phi) is 4.21. The fraction of sp³-hybridized carbons (Fsp3) is 0.636. The average molecular weight is 273 g/mol. The summed E-state index contributed by atoms with van der Waals surface area (Å²) < 4.78 is 0. The summed E-state index contributed by atoms with van der Waals surface area (Å²) in [6.07, 6.45) is 2.91. The van der Waals surface area contributed by atoms with Gasteiger partial charge in [0.25, 0.3) is 0 Å². The minimum atomic E-state index is 0.0867. The summed E-state index contributed by atoms with van der Waals surface area (Å²) in [5.41, 5.74) is 6.10. The molecular formula is C11H17ClN4O2. The average Bonchev–Trinajstić information content (AvgIpc) is 2.77. The van der Waals surface area contributed by atoms with E-state index in [1.165, 1.54) is 6.33 Å². The van der Waals surface area contributed by atoms with E-state index >= 15 is 0 Å². The van der Waals surface area contributed by atoms with Crippen molar-refractivity contribution in [2.24, 2.45) is 11.8 Å². The second-order valence-electron chi connectivity index (χ2n) is 4.62. The molecule has 5 N–H and O–H groups in total. The number of nitrogen functional groups attached to an aromatic ring is 1. The molecular weight excluding hydrogens is 256 g/mol. The highest BCUT2D eigenvalue weighted by molar-refractivity contribution is 6.32. The molecule has 0 unspecified atom stereocenters. The maximum atomic E-state index is 9.24. The highest BCUT2D eigenvalue weighted by Crippen LogP contribution is 2.34. The summed E-state index contributed by atoms with van der Waals surface area (Å²) in [5.74, 6) is 0.743. The molecule has 100 valence electrons. The van der Waals surface area contributed by atoms with Crippen LogP contribution in [-0.2, 0) is 0 Å². The number of aliphatic hydroxyl groups excluding tert-OH is 2. The molecule has 18 heavy (non-hydrogen) atoms. The topological polar surface area (TPSA) is 104 Å². The van der Waals surface area contributed by atoms with Gasteiger partial charge in [-0.1, -0.05) is 11.6 Å². The van der Waals surface area contributed by atoms with Crippen molar-refractivity contribution in [1.29, 1.82) is 0 Å². The first kappa shape index (κ1) is 13.3. The predicted molar refractivity (Wildman–Crippen MR) is 69.3 cm³/mol. The van der Waals surface area contributed by atoms with E-state index in [4.69, 9.17) is 17.3 Å². The molecule has 0 amide bonds. The van der Waals surface area contributed by atoms with E-state index in [0.717, 1.165) is 12.8 Å². The van der Waals surface area contributed by atoms with Crippen LogP contribution in [0.4, 0.5) is 11.5 Å². The highest BCUT2D eigenvalue weighted by atomic mass is 35.5. The van der Waals surface area contributed by atoms with Crippen molar-refractivity contribution in [1.82, 2.24) is 9.97 Å². The number of nitrogens with zero attached hydrogens (tertiary/aromatic N) is 2. The van der Waals surface area contributed by atoms with Crippen molar-refractivity contribution in [3.05, 3.63) is 11.5 Å². The van der Waals surface area contributed by atoms with E-state index in [1.807, 2.05) is 0 Å². The Morgan fingerprint density at radius 3 is 2.44 bits per heavy atom. The lowest BCUT2D eigenvalue weighted by Gasteiger charge is -2.14. The van der Waals surface area contributed by atoms with Crippen LogP contribution in [0.3, 0.4) is 0 Å². The molecule has 1 aromatic rings. The predicted octanol–water partition coefficient (Wildman–Crippen LogP) is 0.504. The monoisotopic (exact) mass is 272 g/mol. The first-order valence-corrected chi connectivity index (χ1v) is 6.27. The van der Waals surface area contributed by atoms with Gasteiger partial charge in [-0.3, -0.25) is 0 Å². The molecule has 1 saturated carbocycles. The molecule has 1 aliphatic carbocycles. The molecule has 1 fully saturated rings. The third kappa shape index (κ3) is 2.66. The van der Waals surface area contributed by atoms with Crippen LogP contribution in [0.2, 0.25) is 5.15 Å². The summed E-state index contributed by atoms with van der Waals surface area (Å²) in [4.78, 5) is 7.83. The smallest absolute Gasteiger partial charge is 0.157 e. The first-order chi connectivity index (χ1) is 8.65. The lowest BCUT2D eigenvalue weighted by molar-refractivity contribution is 0.141. The van der Waals surface area contributed by atoms with Crippen molar-refractivity contribution in [3.8, 4) is 0 Å². The molecule has 0 aliphatic heterocycles. The molecule has 2 rings (SSSR count). The summed E-state index contributed by atoms with van der Waals surface area (Å²) in [7, 11) is 0. The molecule has 6 nitrogen and oxygen atoms in total. The SMILES string of the molecule is Nc1c(Cl)ncnc1NC1C[C@H](CO)[C@@H](CO)C1. The van der Waals surface area contributed by atoms with Crippen LogP contribution >= 0.6 is 11.6 Å². The third-order valence-electron chi connectivity index (χ3n) is 3.49. The van der Waals surface area contributed by atoms with Gasteiger partial charge < -0.3 is 21.3 Å². The number of hydrogen-bond donors (Lipinski definition) is 4. The molecule has 0 aromatic carbocycles. The van der Waals surface area contributed by atoms with Gasteiger partial charge in [-0.2, -0.15) is 0 Å². The van der Waals surface area contributed by atoms with E-state index in [0.29, 0.717) is 11.5 Å². The molecule has 2 atom stereocenters. The normalized spacial score (nSPS) is 24.4. The van der Waals surface area contributed by atoms with E-state index in [9.17, 15) is 10.2 Å². The van der Waals surface area contributed by atoms with Gasteiger partial charge in [0.2, 0.25) is 0 Å². The van der Waals surface area contributed by atoms with Gasteiger partial charge in [0.1, 0.15) is 12.0 Å². The first-order valence-electron chi connectivity index (χ1n) is 5.90. The number of anilines is 2. The van der Waals surface area contributed by atoms with Crippen LogP contribution in [0.5, 0.6) is 0 Å². The van der Waals surface area contributed by atoms with E-state index in [2.05, 4.69) is 15.3 Å². The van der Waals surface area contributed by atoms with Crippen molar-refractivity contribution < 1.29 is 10.2 Å². The lowest BCUT2D eigenvalue weighted by atomic mass is 9.98. The number of nitrogens with one attached hydrogen (secondary N) is 1. The zero-order valence-electron chi connectivity index (χ0n) is 9.88. The second-order valence-corrected chi connectivity index (χ2v) is 4.98. The molecule has 0 bridgehead atoms. The van der Waals surface area contributed by atoms with Gasteiger partial charge >= 0.3 is 0 Å². The van der Waals surface area contributed by atoms with Crippen molar-refractivity contribution in [3.63, 3.8) is 0 Å². The van der Waals surface area contributed by atoms with Crippen LogP contribution in [0.25, 0.3) is 0 Å². The van der Waals surface area contributed by atoms with Crippen molar-refractivity contribution in [2.75, 3.05) is 24.3 Å². The fourth-order valence-electron chi connectivity index (χ4n) is 2.46. The fourth-order valence-corrected chi connectivity index (χ4v) is 2.59. The van der Waals surface area contributed by atoms with E-state index in [-0.39, 0.29) is 36.2 Å². The Hall–Kier alpha value is -1.11. The van der Waals surface area contributed by atoms with Gasteiger partial charge in [-0.25, -0.2) is 9.97 Å². The van der Waals surface area contributed by atoms with Crippen LogP contribution in [-0.4, -0.2) is 39.4 Å². The third-order valence-corrected chi connectivity index (χ3v) is 3.79. The number of halogens is 1. The Morgan fingerprint density at radius 1 is 1.28 bits per heavy atom.